The lowest BCUT2D eigenvalue weighted by Crippen LogP contribution is -2.59. The Morgan fingerprint density at radius 3 is 2.77 bits per heavy atom. The molecule has 1 unspecified atom stereocenters. The van der Waals surface area contributed by atoms with Crippen molar-refractivity contribution in [3.8, 4) is 0 Å². The van der Waals surface area contributed by atoms with Crippen molar-refractivity contribution in [2.45, 2.75) is 25.0 Å². The number of benzene rings is 1. The third-order valence-electron chi connectivity index (χ3n) is 4.83. The number of likely N-dealkylation sites (tertiary alicyclic amines) is 1. The van der Waals surface area contributed by atoms with Crippen LogP contribution in [0.3, 0.4) is 0 Å². The van der Waals surface area contributed by atoms with Crippen molar-refractivity contribution in [1.82, 2.24) is 20.0 Å². The fourth-order valence-electron chi connectivity index (χ4n) is 3.43. The fraction of sp³-hybridized carbons (Fsp3) is 0.412. The van der Waals surface area contributed by atoms with Crippen LogP contribution >= 0.6 is 0 Å². The summed E-state index contributed by atoms with van der Waals surface area (Å²) in [5.41, 5.74) is 5.25. The molecule has 2 aromatic rings. The van der Waals surface area contributed by atoms with Crippen molar-refractivity contribution < 1.29 is 19.1 Å². The van der Waals surface area contributed by atoms with Gasteiger partial charge in [-0.25, -0.2) is 0 Å². The first-order valence-corrected chi connectivity index (χ1v) is 8.33. The highest BCUT2D eigenvalue weighted by Gasteiger charge is 2.44. The van der Waals surface area contributed by atoms with E-state index < -0.39 is 11.5 Å². The number of amides is 2. The van der Waals surface area contributed by atoms with Crippen LogP contribution in [0.5, 0.6) is 0 Å². The second kappa shape index (κ2) is 5.80. The van der Waals surface area contributed by atoms with Gasteiger partial charge in [-0.15, -0.1) is 5.10 Å². The van der Waals surface area contributed by atoms with Crippen molar-refractivity contribution >= 4 is 17.8 Å². The number of aliphatic hydroxyl groups is 1. The van der Waals surface area contributed by atoms with Crippen LogP contribution in [-0.2, 0) is 11.3 Å². The molecule has 9 heteroatoms. The molecule has 3 heterocycles. The summed E-state index contributed by atoms with van der Waals surface area (Å²) in [7, 11) is 0. The van der Waals surface area contributed by atoms with E-state index in [0.29, 0.717) is 31.1 Å². The number of carbonyl (C=O) groups excluding carboxylic acids is 2. The van der Waals surface area contributed by atoms with Crippen LogP contribution in [-0.4, -0.2) is 62.2 Å². The zero-order valence-corrected chi connectivity index (χ0v) is 14.3. The van der Waals surface area contributed by atoms with Gasteiger partial charge in [0.2, 0.25) is 5.89 Å². The standard InChI is InChI=1S/C17H19N5O4/c1-17(25,9-22-6-10-4-2-3-5-12(10)14(22)23)15(24)21-7-11(8-21)13-19-20-16(18)26-13/h2-5,11,25H,6-9H2,1H3,(H2,18,20). The highest BCUT2D eigenvalue weighted by Crippen LogP contribution is 2.30. The number of rotatable bonds is 4. The molecule has 1 aromatic carbocycles. The van der Waals surface area contributed by atoms with Crippen LogP contribution in [0.1, 0.15) is 34.7 Å². The zero-order chi connectivity index (χ0) is 18.5. The maximum absolute atomic E-state index is 12.6. The van der Waals surface area contributed by atoms with Gasteiger partial charge in [-0.2, -0.15) is 0 Å². The molecule has 0 radical (unpaired) electrons. The minimum atomic E-state index is -1.67. The summed E-state index contributed by atoms with van der Waals surface area (Å²) in [6, 6.07) is 7.28. The third kappa shape index (κ3) is 2.70. The molecule has 1 fully saturated rings. The average molecular weight is 357 g/mol. The summed E-state index contributed by atoms with van der Waals surface area (Å²) < 4.78 is 5.16. The number of nitrogens with two attached hydrogens (primary N) is 1. The van der Waals surface area contributed by atoms with Gasteiger partial charge in [0, 0.05) is 25.2 Å². The van der Waals surface area contributed by atoms with E-state index in [4.69, 9.17) is 10.2 Å². The lowest BCUT2D eigenvalue weighted by atomic mass is 9.95. The van der Waals surface area contributed by atoms with Crippen LogP contribution in [0.4, 0.5) is 6.01 Å². The zero-order valence-electron chi connectivity index (χ0n) is 14.3. The highest BCUT2D eigenvalue weighted by molar-refractivity contribution is 5.99. The second-order valence-corrected chi connectivity index (χ2v) is 6.98. The second-order valence-electron chi connectivity index (χ2n) is 6.98. The Labute approximate surface area is 149 Å². The van der Waals surface area contributed by atoms with Crippen molar-refractivity contribution in [3.63, 3.8) is 0 Å². The first-order chi connectivity index (χ1) is 12.3. The van der Waals surface area contributed by atoms with Gasteiger partial charge in [0.15, 0.2) is 5.60 Å². The van der Waals surface area contributed by atoms with Gasteiger partial charge in [-0.3, -0.25) is 9.59 Å². The fourth-order valence-corrected chi connectivity index (χ4v) is 3.43. The highest BCUT2D eigenvalue weighted by atomic mass is 16.4. The molecule has 1 atom stereocenters. The van der Waals surface area contributed by atoms with Gasteiger partial charge in [-0.05, 0) is 18.6 Å². The first kappa shape index (κ1) is 16.5. The van der Waals surface area contributed by atoms with Gasteiger partial charge >= 0.3 is 6.01 Å². The molecule has 3 N–H and O–H groups in total. The summed E-state index contributed by atoms with van der Waals surface area (Å²) in [5.74, 6) is -0.296. The summed E-state index contributed by atoms with van der Waals surface area (Å²) >= 11 is 0. The number of aromatic nitrogens is 2. The van der Waals surface area contributed by atoms with E-state index in [0.717, 1.165) is 5.56 Å². The van der Waals surface area contributed by atoms with Crippen LogP contribution in [0.25, 0.3) is 0 Å². The minimum absolute atomic E-state index is 0.0103. The molecule has 2 amide bonds. The smallest absolute Gasteiger partial charge is 0.312 e. The number of nitrogen functional groups attached to an aromatic ring is 1. The molecule has 2 aliphatic rings. The maximum Gasteiger partial charge on any atom is 0.312 e. The molecule has 1 saturated heterocycles. The van der Waals surface area contributed by atoms with E-state index in [1.807, 2.05) is 12.1 Å². The van der Waals surface area contributed by atoms with Crippen LogP contribution in [0.15, 0.2) is 28.7 Å². The molecule has 136 valence electrons. The first-order valence-electron chi connectivity index (χ1n) is 8.33. The number of anilines is 1. The Morgan fingerprint density at radius 1 is 1.38 bits per heavy atom. The van der Waals surface area contributed by atoms with E-state index in [9.17, 15) is 14.7 Å². The summed E-state index contributed by atoms with van der Waals surface area (Å²) in [5, 5.41) is 18.1. The lowest BCUT2D eigenvalue weighted by molar-refractivity contribution is -0.156. The Bertz CT molecular complexity index is 872. The van der Waals surface area contributed by atoms with Gasteiger partial charge in [0.25, 0.3) is 11.8 Å². The van der Waals surface area contributed by atoms with Crippen LogP contribution < -0.4 is 5.73 Å². The SMILES string of the molecule is CC(O)(CN1Cc2ccccc2C1=O)C(=O)N1CC(c2nnc(N)o2)C1. The largest absolute Gasteiger partial charge is 0.408 e. The Balaban J connectivity index is 1.38. The predicted octanol–water partition coefficient (Wildman–Crippen LogP) is -0.0154. The van der Waals surface area contributed by atoms with Gasteiger partial charge < -0.3 is 25.1 Å². The Kier molecular flexibility index (Phi) is 3.69. The summed E-state index contributed by atoms with van der Waals surface area (Å²) in [6.07, 6.45) is 0. The van der Waals surface area contributed by atoms with Crippen LogP contribution in [0, 0.1) is 0 Å². The molecule has 0 saturated carbocycles. The number of β-amino-alcohol motifs (C(OH)–C–C–N with tert-alkyl or cyclic N) is 1. The molecule has 0 aliphatic carbocycles. The molecule has 0 bridgehead atoms. The molecular weight excluding hydrogens is 338 g/mol. The number of fused-ring (bicyclic) bond motifs is 1. The van der Waals surface area contributed by atoms with E-state index in [1.54, 1.807) is 12.1 Å². The molecule has 9 nitrogen and oxygen atoms in total. The number of nitrogens with zero attached hydrogens (tertiary/aromatic N) is 4. The van der Waals surface area contributed by atoms with Crippen molar-refractivity contribution in [2.75, 3.05) is 25.4 Å². The van der Waals surface area contributed by atoms with E-state index in [1.165, 1.54) is 16.7 Å². The third-order valence-corrected chi connectivity index (χ3v) is 4.83. The Hall–Kier alpha value is -2.94. The van der Waals surface area contributed by atoms with E-state index in [2.05, 4.69) is 10.2 Å². The topological polar surface area (TPSA) is 126 Å². The van der Waals surface area contributed by atoms with Gasteiger partial charge in [0.05, 0.1) is 12.5 Å². The van der Waals surface area contributed by atoms with Crippen molar-refractivity contribution in [3.05, 3.63) is 41.3 Å². The van der Waals surface area contributed by atoms with Crippen molar-refractivity contribution in [2.24, 2.45) is 0 Å². The van der Waals surface area contributed by atoms with Crippen LogP contribution in [0.2, 0.25) is 0 Å². The van der Waals surface area contributed by atoms with Crippen molar-refractivity contribution in [1.29, 1.82) is 0 Å². The molecule has 26 heavy (non-hydrogen) atoms. The monoisotopic (exact) mass is 357 g/mol. The normalized spacial score (nSPS) is 19.2. The predicted molar refractivity (Wildman–Crippen MR) is 89.8 cm³/mol. The number of carbonyl (C=O) groups is 2. The molecular formula is C17H19N5O4. The molecule has 1 aromatic heterocycles. The number of hydrogen-bond donors (Lipinski definition) is 2. The maximum atomic E-state index is 12.6. The van der Waals surface area contributed by atoms with Gasteiger partial charge in [-0.1, -0.05) is 23.3 Å². The minimum Gasteiger partial charge on any atom is -0.408 e. The summed E-state index contributed by atoms with van der Waals surface area (Å²) in [6.45, 7) is 2.50. The van der Waals surface area contributed by atoms with Gasteiger partial charge in [0.1, 0.15) is 0 Å². The Morgan fingerprint density at radius 2 is 2.12 bits per heavy atom. The average Bonchev–Trinajstić information content (AvgIpc) is 3.10. The summed E-state index contributed by atoms with van der Waals surface area (Å²) in [4.78, 5) is 28.1. The van der Waals surface area contributed by atoms with E-state index in [-0.39, 0.29) is 24.4 Å². The number of hydrogen-bond acceptors (Lipinski definition) is 7. The quantitative estimate of drug-likeness (QED) is 0.788. The van der Waals surface area contributed by atoms with E-state index >= 15 is 0 Å². The molecule has 0 spiro atoms. The lowest BCUT2D eigenvalue weighted by Gasteiger charge is -2.41. The molecule has 4 rings (SSSR count). The molecule has 2 aliphatic heterocycles.